The Morgan fingerprint density at radius 3 is 2.95 bits per heavy atom. The molecule has 22 heavy (non-hydrogen) atoms. The van der Waals surface area contributed by atoms with Crippen molar-refractivity contribution in [1.29, 1.82) is 0 Å². The van der Waals surface area contributed by atoms with Gasteiger partial charge in [-0.05, 0) is 54.2 Å². The number of esters is 1. The zero-order valence-electron chi connectivity index (χ0n) is 12.6. The van der Waals surface area contributed by atoms with E-state index in [1.54, 1.807) is 4.52 Å². The van der Waals surface area contributed by atoms with E-state index in [1.807, 2.05) is 26.1 Å². The number of hydrogen-bond donors (Lipinski definition) is 0. The van der Waals surface area contributed by atoms with E-state index in [0.29, 0.717) is 18.7 Å². The molecule has 0 N–H and O–H groups in total. The minimum atomic E-state index is -0.639. The summed E-state index contributed by atoms with van der Waals surface area (Å²) < 4.78 is 13.7. The molecule has 0 aromatic carbocycles. The summed E-state index contributed by atoms with van der Waals surface area (Å²) >= 11 is 3.46. The standard InChI is InChI=1S/C15H16BrN3O3/c1-8-4-9(16)5-19-12(8)17-11(18-19)10-15(13(20)21-3)6-14(2,7-15)22-10/h4-5,10H,6-7H2,1-3H3. The Bertz CT molecular complexity index is 795. The van der Waals surface area contributed by atoms with Crippen LogP contribution in [-0.4, -0.2) is 33.3 Å². The van der Waals surface area contributed by atoms with Crippen molar-refractivity contribution in [2.45, 2.75) is 38.4 Å². The summed E-state index contributed by atoms with van der Waals surface area (Å²) in [5.41, 5.74) is 0.874. The normalized spacial score (nSPS) is 33.0. The number of methoxy groups -OCH3 is 1. The quantitative estimate of drug-likeness (QED) is 0.765. The number of aromatic nitrogens is 3. The first kappa shape index (κ1) is 14.1. The second-order valence-electron chi connectivity index (χ2n) is 6.53. The zero-order valence-corrected chi connectivity index (χ0v) is 14.2. The van der Waals surface area contributed by atoms with E-state index in [2.05, 4.69) is 26.0 Å². The fraction of sp³-hybridized carbons (Fsp3) is 0.533. The predicted molar refractivity (Wildman–Crippen MR) is 81.3 cm³/mol. The Balaban J connectivity index is 1.82. The molecule has 2 aromatic rings. The van der Waals surface area contributed by atoms with Crippen molar-refractivity contribution in [3.05, 3.63) is 28.1 Å². The lowest BCUT2D eigenvalue weighted by Gasteiger charge is -2.40. The van der Waals surface area contributed by atoms with Crippen molar-refractivity contribution >= 4 is 27.5 Å². The van der Waals surface area contributed by atoms with Crippen molar-refractivity contribution in [2.24, 2.45) is 5.41 Å². The first-order valence-electron chi connectivity index (χ1n) is 7.16. The maximum absolute atomic E-state index is 12.3. The molecule has 1 atom stereocenters. The molecule has 6 nitrogen and oxygen atoms in total. The molecule has 7 heteroatoms. The number of fused-ring (bicyclic) bond motifs is 2. The fourth-order valence-electron chi connectivity index (χ4n) is 3.94. The summed E-state index contributed by atoms with van der Waals surface area (Å²) in [4.78, 5) is 16.9. The molecular weight excluding hydrogens is 350 g/mol. The van der Waals surface area contributed by atoms with Gasteiger partial charge in [0.25, 0.3) is 0 Å². The van der Waals surface area contributed by atoms with Crippen LogP contribution in [0.5, 0.6) is 0 Å². The number of carbonyl (C=O) groups excluding carboxylic acids is 1. The largest absolute Gasteiger partial charge is 0.469 e. The Labute approximate surface area is 135 Å². The van der Waals surface area contributed by atoms with Gasteiger partial charge in [-0.25, -0.2) is 9.50 Å². The molecule has 3 aliphatic rings. The van der Waals surface area contributed by atoms with Gasteiger partial charge in [-0.15, -0.1) is 5.10 Å². The maximum atomic E-state index is 12.3. The zero-order chi connectivity index (χ0) is 15.7. The minimum Gasteiger partial charge on any atom is -0.469 e. The topological polar surface area (TPSA) is 65.7 Å². The van der Waals surface area contributed by atoms with Gasteiger partial charge in [-0.1, -0.05) is 0 Å². The highest BCUT2D eigenvalue weighted by Crippen LogP contribution is 2.67. The van der Waals surface area contributed by atoms with Gasteiger partial charge in [0.05, 0.1) is 12.7 Å². The average Bonchev–Trinajstić information content (AvgIpc) is 3.04. The second kappa shape index (κ2) is 4.29. The van der Waals surface area contributed by atoms with Crippen molar-refractivity contribution in [2.75, 3.05) is 7.11 Å². The lowest BCUT2D eigenvalue weighted by Crippen LogP contribution is -2.48. The van der Waals surface area contributed by atoms with E-state index in [1.165, 1.54) is 7.11 Å². The molecule has 1 unspecified atom stereocenters. The van der Waals surface area contributed by atoms with Crippen LogP contribution >= 0.6 is 15.9 Å². The van der Waals surface area contributed by atoms with Gasteiger partial charge in [0.15, 0.2) is 11.5 Å². The third-order valence-corrected chi connectivity index (χ3v) is 5.14. The summed E-state index contributed by atoms with van der Waals surface area (Å²) in [6.45, 7) is 4.00. The van der Waals surface area contributed by atoms with Crippen LogP contribution in [0.15, 0.2) is 16.7 Å². The van der Waals surface area contributed by atoms with Gasteiger partial charge in [-0.2, -0.15) is 0 Å². The molecular formula is C15H16BrN3O3. The van der Waals surface area contributed by atoms with Crippen LogP contribution in [0.1, 0.15) is 37.3 Å². The molecule has 0 radical (unpaired) electrons. The molecule has 0 amide bonds. The number of hydrogen-bond acceptors (Lipinski definition) is 5. The van der Waals surface area contributed by atoms with Crippen molar-refractivity contribution in [1.82, 2.24) is 14.6 Å². The monoisotopic (exact) mass is 365 g/mol. The molecule has 5 rings (SSSR count). The summed E-state index contributed by atoms with van der Waals surface area (Å²) in [6, 6.07) is 1.99. The smallest absolute Gasteiger partial charge is 0.315 e. The maximum Gasteiger partial charge on any atom is 0.315 e. The number of nitrogens with zero attached hydrogens (tertiary/aromatic N) is 3. The van der Waals surface area contributed by atoms with Crippen molar-refractivity contribution < 1.29 is 14.3 Å². The Hall–Kier alpha value is -1.47. The molecule has 4 heterocycles. The Morgan fingerprint density at radius 2 is 2.27 bits per heavy atom. The van der Waals surface area contributed by atoms with Crippen LogP contribution < -0.4 is 0 Å². The van der Waals surface area contributed by atoms with Gasteiger partial charge in [0.1, 0.15) is 11.5 Å². The van der Waals surface area contributed by atoms with Gasteiger partial charge >= 0.3 is 5.97 Å². The van der Waals surface area contributed by atoms with E-state index in [9.17, 15) is 4.79 Å². The average molecular weight is 366 g/mol. The van der Waals surface area contributed by atoms with E-state index in [0.717, 1.165) is 15.7 Å². The van der Waals surface area contributed by atoms with Crippen LogP contribution in [0.4, 0.5) is 0 Å². The molecule has 1 aliphatic carbocycles. The van der Waals surface area contributed by atoms with Crippen LogP contribution in [0.2, 0.25) is 0 Å². The van der Waals surface area contributed by atoms with E-state index in [-0.39, 0.29) is 11.6 Å². The predicted octanol–water partition coefficient (Wildman–Crippen LogP) is 2.58. The number of halogens is 1. The minimum absolute atomic E-state index is 0.232. The first-order chi connectivity index (χ1) is 10.4. The van der Waals surface area contributed by atoms with E-state index >= 15 is 0 Å². The van der Waals surface area contributed by atoms with E-state index < -0.39 is 11.5 Å². The van der Waals surface area contributed by atoms with Gasteiger partial charge in [0.2, 0.25) is 0 Å². The second-order valence-corrected chi connectivity index (χ2v) is 7.44. The van der Waals surface area contributed by atoms with Crippen molar-refractivity contribution in [3.63, 3.8) is 0 Å². The third kappa shape index (κ3) is 1.72. The number of ether oxygens (including phenoxy) is 2. The number of pyridine rings is 1. The number of aryl methyl sites for hydroxylation is 1. The highest BCUT2D eigenvalue weighted by molar-refractivity contribution is 9.10. The molecule has 2 bridgehead atoms. The molecule has 3 fully saturated rings. The van der Waals surface area contributed by atoms with E-state index in [4.69, 9.17) is 9.47 Å². The Kier molecular flexibility index (Phi) is 2.76. The molecule has 2 saturated heterocycles. The van der Waals surface area contributed by atoms with Gasteiger partial charge < -0.3 is 9.47 Å². The molecule has 0 spiro atoms. The number of carbonyl (C=O) groups is 1. The highest BCUT2D eigenvalue weighted by Gasteiger charge is 2.71. The number of rotatable bonds is 2. The summed E-state index contributed by atoms with van der Waals surface area (Å²) in [5, 5.41) is 4.53. The van der Waals surface area contributed by atoms with Gasteiger partial charge in [0, 0.05) is 10.7 Å². The van der Waals surface area contributed by atoms with Crippen LogP contribution in [0, 0.1) is 12.3 Å². The van der Waals surface area contributed by atoms with Crippen LogP contribution in [0.3, 0.4) is 0 Å². The molecule has 116 valence electrons. The highest BCUT2D eigenvalue weighted by atomic mass is 79.9. The van der Waals surface area contributed by atoms with Crippen LogP contribution in [-0.2, 0) is 14.3 Å². The summed E-state index contributed by atoms with van der Waals surface area (Å²) in [5.74, 6) is 0.317. The Morgan fingerprint density at radius 1 is 1.55 bits per heavy atom. The third-order valence-electron chi connectivity index (χ3n) is 4.71. The van der Waals surface area contributed by atoms with Crippen molar-refractivity contribution in [3.8, 4) is 0 Å². The molecule has 2 aliphatic heterocycles. The molecule has 2 aromatic heterocycles. The van der Waals surface area contributed by atoms with Crippen LogP contribution in [0.25, 0.3) is 5.65 Å². The molecule has 1 saturated carbocycles. The first-order valence-corrected chi connectivity index (χ1v) is 7.95. The summed E-state index contributed by atoms with van der Waals surface area (Å²) in [7, 11) is 1.42. The van der Waals surface area contributed by atoms with Gasteiger partial charge in [-0.3, -0.25) is 4.79 Å². The summed E-state index contributed by atoms with van der Waals surface area (Å²) in [6.07, 6.45) is 2.73. The lowest BCUT2D eigenvalue weighted by atomic mass is 9.60. The SMILES string of the molecule is COC(=O)C12CC(C)(C1)OC2c1nc2c(C)cc(Br)cn2n1. The fourth-order valence-corrected chi connectivity index (χ4v) is 4.48. The lowest BCUT2D eigenvalue weighted by molar-refractivity contribution is -0.158.